The Morgan fingerprint density at radius 2 is 1.94 bits per heavy atom. The van der Waals surface area contributed by atoms with Crippen LogP contribution in [0.4, 0.5) is 11.5 Å². The van der Waals surface area contributed by atoms with E-state index in [0.717, 1.165) is 18.5 Å². The lowest BCUT2D eigenvalue weighted by Crippen LogP contribution is -2.46. The second-order valence-electron chi connectivity index (χ2n) is 8.58. The lowest BCUT2D eigenvalue weighted by Gasteiger charge is -2.33. The molecule has 2 aliphatic rings. The van der Waals surface area contributed by atoms with Gasteiger partial charge in [-0.15, -0.1) is 0 Å². The molecule has 1 aromatic carbocycles. The van der Waals surface area contributed by atoms with Gasteiger partial charge in [-0.05, 0) is 51.0 Å². The Hall–Kier alpha value is -3.42. The molecule has 2 aliphatic heterocycles. The number of amides is 3. The van der Waals surface area contributed by atoms with Crippen molar-refractivity contribution in [3.05, 3.63) is 48.2 Å². The molecule has 1 N–H and O–H groups in total. The average molecular weight is 451 g/mol. The topological polar surface area (TPSA) is 91.8 Å². The van der Waals surface area contributed by atoms with Crippen molar-refractivity contribution in [1.82, 2.24) is 9.88 Å². The molecule has 4 rings (SSSR count). The van der Waals surface area contributed by atoms with Crippen LogP contribution in [0.2, 0.25) is 0 Å². The molecule has 1 aromatic heterocycles. The molecular formula is C25H30N4O4. The van der Waals surface area contributed by atoms with Gasteiger partial charge in [0.25, 0.3) is 0 Å². The number of anilines is 2. The maximum atomic E-state index is 13.3. The Morgan fingerprint density at radius 3 is 2.73 bits per heavy atom. The molecular weight excluding hydrogens is 420 g/mol. The third-order valence-electron chi connectivity index (χ3n) is 6.17. The molecule has 8 heteroatoms. The van der Waals surface area contributed by atoms with Gasteiger partial charge in [0, 0.05) is 31.7 Å². The summed E-state index contributed by atoms with van der Waals surface area (Å²) < 4.78 is 5.67. The molecule has 8 nitrogen and oxygen atoms in total. The monoisotopic (exact) mass is 450 g/mol. The van der Waals surface area contributed by atoms with E-state index >= 15 is 0 Å². The molecule has 0 radical (unpaired) electrons. The van der Waals surface area contributed by atoms with Crippen molar-refractivity contribution < 1.29 is 19.1 Å². The van der Waals surface area contributed by atoms with E-state index in [2.05, 4.69) is 10.3 Å². The summed E-state index contributed by atoms with van der Waals surface area (Å²) in [5.74, 6) is 0.169. The number of ether oxygens (including phenoxy) is 1. The van der Waals surface area contributed by atoms with E-state index in [9.17, 15) is 14.4 Å². The summed E-state index contributed by atoms with van der Waals surface area (Å²) >= 11 is 0. The van der Waals surface area contributed by atoms with E-state index in [1.807, 2.05) is 50.2 Å². The number of nitrogens with zero attached hydrogens (tertiary/aromatic N) is 3. The first-order chi connectivity index (χ1) is 16.0. The van der Waals surface area contributed by atoms with Gasteiger partial charge in [0.1, 0.15) is 11.6 Å². The van der Waals surface area contributed by atoms with Crippen LogP contribution in [-0.2, 0) is 14.4 Å². The lowest BCUT2D eigenvalue weighted by atomic mass is 9.95. The van der Waals surface area contributed by atoms with Gasteiger partial charge in [-0.25, -0.2) is 4.98 Å². The highest BCUT2D eigenvalue weighted by Crippen LogP contribution is 2.34. The number of carbonyl (C=O) groups excluding carboxylic acids is 3. The quantitative estimate of drug-likeness (QED) is 0.731. The minimum absolute atomic E-state index is 0.0640. The summed E-state index contributed by atoms with van der Waals surface area (Å²) in [6.07, 6.45) is 1.64. The number of benzene rings is 1. The molecule has 2 aromatic rings. The molecule has 2 atom stereocenters. The summed E-state index contributed by atoms with van der Waals surface area (Å²) in [7, 11) is 0. The van der Waals surface area contributed by atoms with Crippen LogP contribution in [-0.4, -0.2) is 53.8 Å². The minimum Gasteiger partial charge on any atom is -0.492 e. The molecule has 2 unspecified atom stereocenters. The van der Waals surface area contributed by atoms with Gasteiger partial charge < -0.3 is 19.9 Å². The molecule has 33 heavy (non-hydrogen) atoms. The zero-order valence-electron chi connectivity index (χ0n) is 19.1. The number of para-hydroxylation sites is 2. The van der Waals surface area contributed by atoms with E-state index in [0.29, 0.717) is 43.5 Å². The summed E-state index contributed by atoms with van der Waals surface area (Å²) in [6, 6.07) is 12.9. The van der Waals surface area contributed by atoms with Crippen LogP contribution in [0, 0.1) is 18.8 Å². The highest BCUT2D eigenvalue weighted by atomic mass is 16.5. The fraction of sp³-hybridized carbons (Fsp3) is 0.440. The van der Waals surface area contributed by atoms with Crippen molar-refractivity contribution in [2.75, 3.05) is 36.5 Å². The van der Waals surface area contributed by atoms with Gasteiger partial charge in [-0.1, -0.05) is 18.2 Å². The van der Waals surface area contributed by atoms with Crippen molar-refractivity contribution in [3.8, 4) is 5.75 Å². The number of hydrogen-bond acceptors (Lipinski definition) is 5. The average Bonchev–Trinajstić information content (AvgIpc) is 3.20. The Labute approximate surface area is 193 Å². The maximum absolute atomic E-state index is 13.3. The predicted molar refractivity (Wildman–Crippen MR) is 125 cm³/mol. The fourth-order valence-corrected chi connectivity index (χ4v) is 4.55. The molecule has 3 heterocycles. The van der Waals surface area contributed by atoms with Gasteiger partial charge in [0.2, 0.25) is 17.7 Å². The molecule has 0 saturated carbocycles. The van der Waals surface area contributed by atoms with Gasteiger partial charge in [0.05, 0.1) is 24.1 Å². The number of hydrogen-bond donors (Lipinski definition) is 1. The van der Waals surface area contributed by atoms with E-state index in [1.165, 1.54) is 0 Å². The standard InChI is InChI=1S/C25H30N4O4/c1-3-33-21-11-5-4-10-20(21)29-16-19(14-23(29)30)25(32)28-13-7-9-18(15-28)24(31)27-22-12-6-8-17(2)26-22/h4-6,8,10-12,18-19H,3,7,9,13-16H2,1-2H3,(H,26,27,31). The first-order valence-electron chi connectivity index (χ1n) is 11.5. The van der Waals surface area contributed by atoms with E-state index in [-0.39, 0.29) is 30.1 Å². The van der Waals surface area contributed by atoms with E-state index < -0.39 is 5.92 Å². The Balaban J connectivity index is 1.40. The molecule has 3 amide bonds. The van der Waals surface area contributed by atoms with Crippen LogP contribution in [0.15, 0.2) is 42.5 Å². The number of rotatable bonds is 6. The lowest BCUT2D eigenvalue weighted by molar-refractivity contribution is -0.138. The van der Waals surface area contributed by atoms with Gasteiger partial charge >= 0.3 is 0 Å². The summed E-state index contributed by atoms with van der Waals surface area (Å²) in [5.41, 5.74) is 1.52. The molecule has 0 bridgehead atoms. The fourth-order valence-electron chi connectivity index (χ4n) is 4.55. The number of nitrogens with one attached hydrogen (secondary N) is 1. The SMILES string of the molecule is CCOc1ccccc1N1CC(C(=O)N2CCCC(C(=O)Nc3cccc(C)n3)C2)CC1=O. The van der Waals surface area contributed by atoms with Crippen LogP contribution in [0.5, 0.6) is 5.75 Å². The summed E-state index contributed by atoms with van der Waals surface area (Å²) in [4.78, 5) is 46.5. The number of piperidine rings is 1. The van der Waals surface area contributed by atoms with Gasteiger partial charge in [-0.2, -0.15) is 0 Å². The third-order valence-corrected chi connectivity index (χ3v) is 6.17. The van der Waals surface area contributed by atoms with Gasteiger partial charge in [-0.3, -0.25) is 14.4 Å². The third kappa shape index (κ3) is 5.16. The highest BCUT2D eigenvalue weighted by molar-refractivity contribution is 6.01. The smallest absolute Gasteiger partial charge is 0.230 e. The largest absolute Gasteiger partial charge is 0.492 e. The minimum atomic E-state index is -0.424. The zero-order valence-corrected chi connectivity index (χ0v) is 19.1. The number of likely N-dealkylation sites (tertiary alicyclic amines) is 1. The second-order valence-corrected chi connectivity index (χ2v) is 8.58. The number of carbonyl (C=O) groups is 3. The number of pyridine rings is 1. The predicted octanol–water partition coefficient (Wildman–Crippen LogP) is 3.02. The van der Waals surface area contributed by atoms with Crippen molar-refractivity contribution in [2.45, 2.75) is 33.1 Å². The molecule has 0 aliphatic carbocycles. The Morgan fingerprint density at radius 1 is 1.12 bits per heavy atom. The normalized spacial score (nSPS) is 20.6. The van der Waals surface area contributed by atoms with Crippen molar-refractivity contribution in [2.24, 2.45) is 11.8 Å². The van der Waals surface area contributed by atoms with Gasteiger partial charge in [0.15, 0.2) is 0 Å². The highest BCUT2D eigenvalue weighted by Gasteiger charge is 2.39. The van der Waals surface area contributed by atoms with Crippen molar-refractivity contribution in [1.29, 1.82) is 0 Å². The summed E-state index contributed by atoms with van der Waals surface area (Å²) in [6.45, 7) is 5.55. The van der Waals surface area contributed by atoms with Crippen LogP contribution in [0.1, 0.15) is 31.9 Å². The number of aromatic nitrogens is 1. The van der Waals surface area contributed by atoms with Crippen LogP contribution in [0.3, 0.4) is 0 Å². The summed E-state index contributed by atoms with van der Waals surface area (Å²) in [5, 5.41) is 2.87. The first-order valence-corrected chi connectivity index (χ1v) is 11.5. The van der Waals surface area contributed by atoms with Crippen molar-refractivity contribution in [3.63, 3.8) is 0 Å². The van der Waals surface area contributed by atoms with E-state index in [1.54, 1.807) is 15.9 Å². The van der Waals surface area contributed by atoms with Crippen molar-refractivity contribution >= 4 is 29.2 Å². The Bertz CT molecular complexity index is 1040. The number of aryl methyl sites for hydroxylation is 1. The Kier molecular flexibility index (Phi) is 6.91. The molecule has 2 saturated heterocycles. The van der Waals surface area contributed by atoms with Crippen LogP contribution in [0.25, 0.3) is 0 Å². The molecule has 0 spiro atoms. The van der Waals surface area contributed by atoms with E-state index in [4.69, 9.17) is 4.74 Å². The zero-order chi connectivity index (χ0) is 23.4. The first kappa shape index (κ1) is 22.8. The maximum Gasteiger partial charge on any atom is 0.230 e. The van der Waals surface area contributed by atoms with Crippen LogP contribution >= 0.6 is 0 Å². The second kappa shape index (κ2) is 10.0. The molecule has 174 valence electrons. The van der Waals surface area contributed by atoms with Crippen LogP contribution < -0.4 is 15.0 Å². The molecule has 2 fully saturated rings.